The van der Waals surface area contributed by atoms with Crippen molar-refractivity contribution >= 4 is 23.3 Å². The van der Waals surface area contributed by atoms with Gasteiger partial charge in [-0.3, -0.25) is 14.9 Å². The number of nitrogens with zero attached hydrogens (tertiary/aromatic N) is 1. The van der Waals surface area contributed by atoms with Crippen LogP contribution >= 0.6 is 11.6 Å². The van der Waals surface area contributed by atoms with Crippen molar-refractivity contribution < 1.29 is 19.2 Å². The minimum atomic E-state index is -1.07. The molecule has 0 fully saturated rings. The minimum Gasteiger partial charge on any atom is -0.492 e. The number of hydrogen-bond acceptors (Lipinski definition) is 6. The van der Waals surface area contributed by atoms with Gasteiger partial charge in [0.2, 0.25) is 0 Å². The first-order chi connectivity index (χ1) is 9.77. The number of nitro groups is 1. The smallest absolute Gasteiger partial charge is 0.325 e. The first-order valence-corrected chi connectivity index (χ1v) is 6.60. The summed E-state index contributed by atoms with van der Waals surface area (Å²) in [5, 5.41) is 10.7. The number of non-ortho nitro benzene ring substituents is 1. The molecule has 0 spiro atoms. The van der Waals surface area contributed by atoms with E-state index >= 15 is 0 Å². The second kappa shape index (κ2) is 7.24. The Kier molecular flexibility index (Phi) is 5.92. The number of benzene rings is 1. The molecule has 0 aliphatic rings. The molecule has 0 aromatic heterocycles. The lowest BCUT2D eigenvalue weighted by atomic mass is 9.98. The average molecular weight is 317 g/mol. The molecule has 0 bridgehead atoms. The van der Waals surface area contributed by atoms with Crippen LogP contribution in [0.4, 0.5) is 5.69 Å². The fourth-order valence-electron chi connectivity index (χ4n) is 1.68. The topological polar surface area (TPSA) is 105 Å². The van der Waals surface area contributed by atoms with Gasteiger partial charge in [0.05, 0.1) is 23.7 Å². The van der Waals surface area contributed by atoms with Crippen LogP contribution < -0.4 is 10.5 Å². The molecule has 0 aliphatic carbocycles. The number of carbonyl (C=O) groups excluding carboxylic acids is 1. The maximum atomic E-state index is 11.4. The number of nitro benzene ring substituents is 1. The summed E-state index contributed by atoms with van der Waals surface area (Å²) in [7, 11) is 1.28. The molecule has 21 heavy (non-hydrogen) atoms. The van der Waals surface area contributed by atoms with Gasteiger partial charge in [0.25, 0.3) is 5.69 Å². The second-order valence-electron chi connectivity index (χ2n) is 4.73. The summed E-state index contributed by atoms with van der Waals surface area (Å²) in [6, 6.07) is 3.96. The van der Waals surface area contributed by atoms with Crippen LogP contribution in [-0.2, 0) is 9.53 Å². The fraction of sp³-hybridized carbons (Fsp3) is 0.462. The van der Waals surface area contributed by atoms with E-state index in [0.717, 1.165) is 0 Å². The van der Waals surface area contributed by atoms with Crippen molar-refractivity contribution in [3.8, 4) is 5.75 Å². The Hall–Kier alpha value is -1.86. The average Bonchev–Trinajstić information content (AvgIpc) is 2.43. The van der Waals surface area contributed by atoms with Gasteiger partial charge in [-0.1, -0.05) is 11.6 Å². The highest BCUT2D eigenvalue weighted by Crippen LogP contribution is 2.28. The highest BCUT2D eigenvalue weighted by atomic mass is 35.5. The van der Waals surface area contributed by atoms with E-state index in [2.05, 4.69) is 4.74 Å². The Balaban J connectivity index is 2.50. The fourth-order valence-corrected chi connectivity index (χ4v) is 1.91. The molecular weight excluding hydrogens is 300 g/mol. The van der Waals surface area contributed by atoms with Crippen LogP contribution in [0.3, 0.4) is 0 Å². The molecule has 1 rings (SSSR count). The zero-order valence-corrected chi connectivity index (χ0v) is 12.6. The molecule has 116 valence electrons. The van der Waals surface area contributed by atoms with Crippen LogP contribution in [0.25, 0.3) is 0 Å². The molecule has 2 N–H and O–H groups in total. The van der Waals surface area contributed by atoms with E-state index in [9.17, 15) is 14.9 Å². The lowest BCUT2D eigenvalue weighted by Gasteiger charge is -2.21. The first-order valence-electron chi connectivity index (χ1n) is 6.22. The quantitative estimate of drug-likeness (QED) is 0.358. The Bertz CT molecular complexity index is 533. The Labute approximate surface area is 127 Å². The predicted molar refractivity (Wildman–Crippen MR) is 77.4 cm³/mol. The van der Waals surface area contributed by atoms with Gasteiger partial charge in [-0.15, -0.1) is 0 Å². The number of esters is 1. The summed E-state index contributed by atoms with van der Waals surface area (Å²) < 4.78 is 10.0. The van der Waals surface area contributed by atoms with Crippen molar-refractivity contribution in [1.29, 1.82) is 0 Å². The molecule has 1 unspecified atom stereocenters. The lowest BCUT2D eigenvalue weighted by Crippen LogP contribution is -2.45. The van der Waals surface area contributed by atoms with Gasteiger partial charge in [0.15, 0.2) is 0 Å². The van der Waals surface area contributed by atoms with Crippen LogP contribution in [0.1, 0.15) is 19.8 Å². The molecule has 1 aromatic rings. The maximum Gasteiger partial charge on any atom is 0.325 e. The van der Waals surface area contributed by atoms with Crippen molar-refractivity contribution in [1.82, 2.24) is 0 Å². The molecule has 8 heteroatoms. The highest BCUT2D eigenvalue weighted by Gasteiger charge is 2.28. The maximum absolute atomic E-state index is 11.4. The van der Waals surface area contributed by atoms with Gasteiger partial charge >= 0.3 is 5.97 Å². The Morgan fingerprint density at radius 3 is 2.71 bits per heavy atom. The Morgan fingerprint density at radius 1 is 1.52 bits per heavy atom. The number of rotatable bonds is 7. The molecule has 0 saturated heterocycles. The highest BCUT2D eigenvalue weighted by molar-refractivity contribution is 6.32. The third-order valence-electron chi connectivity index (χ3n) is 2.88. The predicted octanol–water partition coefficient (Wildman–Crippen LogP) is 2.30. The van der Waals surface area contributed by atoms with Crippen molar-refractivity contribution in [2.45, 2.75) is 25.3 Å². The van der Waals surface area contributed by atoms with E-state index in [4.69, 9.17) is 22.1 Å². The second-order valence-corrected chi connectivity index (χ2v) is 5.14. The number of nitrogens with two attached hydrogens (primary N) is 1. The molecule has 0 heterocycles. The van der Waals surface area contributed by atoms with Gasteiger partial charge in [-0.25, -0.2) is 0 Å². The number of halogens is 1. The van der Waals surface area contributed by atoms with E-state index in [-0.39, 0.29) is 17.3 Å². The van der Waals surface area contributed by atoms with Gasteiger partial charge in [-0.2, -0.15) is 0 Å². The van der Waals surface area contributed by atoms with E-state index in [0.29, 0.717) is 18.6 Å². The number of hydrogen-bond donors (Lipinski definition) is 1. The van der Waals surface area contributed by atoms with Crippen LogP contribution in [0.5, 0.6) is 5.75 Å². The van der Waals surface area contributed by atoms with Gasteiger partial charge < -0.3 is 15.2 Å². The number of carbonyl (C=O) groups is 1. The van der Waals surface area contributed by atoms with Crippen LogP contribution in [0.2, 0.25) is 5.02 Å². The minimum absolute atomic E-state index is 0.104. The Morgan fingerprint density at radius 2 is 2.19 bits per heavy atom. The monoisotopic (exact) mass is 316 g/mol. The van der Waals surface area contributed by atoms with Crippen molar-refractivity contribution in [3.05, 3.63) is 33.3 Å². The third kappa shape index (κ3) is 4.87. The van der Waals surface area contributed by atoms with E-state index in [1.54, 1.807) is 6.92 Å². The summed E-state index contributed by atoms with van der Waals surface area (Å²) in [5.41, 5.74) is 4.63. The summed E-state index contributed by atoms with van der Waals surface area (Å²) in [4.78, 5) is 21.4. The summed E-state index contributed by atoms with van der Waals surface area (Å²) in [6.45, 7) is 1.86. The molecule has 1 aromatic carbocycles. The third-order valence-corrected chi connectivity index (χ3v) is 3.17. The lowest BCUT2D eigenvalue weighted by molar-refractivity contribution is -0.384. The van der Waals surface area contributed by atoms with Gasteiger partial charge in [-0.05, 0) is 25.8 Å². The van der Waals surface area contributed by atoms with Crippen molar-refractivity contribution in [2.75, 3.05) is 13.7 Å². The SMILES string of the molecule is COC(=O)C(C)(N)CCCOc1ccc([N+](=O)[O-])cc1Cl. The summed E-state index contributed by atoms with van der Waals surface area (Å²) >= 11 is 5.89. The van der Waals surface area contributed by atoms with Crippen LogP contribution in [0, 0.1) is 10.1 Å². The molecule has 7 nitrogen and oxygen atoms in total. The largest absolute Gasteiger partial charge is 0.492 e. The van der Waals surface area contributed by atoms with Crippen LogP contribution in [-0.4, -0.2) is 30.1 Å². The molecule has 0 saturated carbocycles. The zero-order chi connectivity index (χ0) is 16.0. The summed E-state index contributed by atoms with van der Waals surface area (Å²) in [5.74, 6) is -0.144. The molecular formula is C13H17ClN2O5. The molecule has 1 atom stereocenters. The number of ether oxygens (including phenoxy) is 2. The van der Waals surface area contributed by atoms with Gasteiger partial charge in [0, 0.05) is 12.1 Å². The van der Waals surface area contributed by atoms with Gasteiger partial charge in [0.1, 0.15) is 11.3 Å². The normalized spacial score (nSPS) is 13.3. The molecule has 0 aliphatic heterocycles. The van der Waals surface area contributed by atoms with Crippen molar-refractivity contribution in [3.63, 3.8) is 0 Å². The summed E-state index contributed by atoms with van der Waals surface area (Å²) in [6.07, 6.45) is 0.889. The van der Waals surface area contributed by atoms with E-state index in [1.165, 1.54) is 25.3 Å². The van der Waals surface area contributed by atoms with Crippen LogP contribution in [0.15, 0.2) is 18.2 Å². The zero-order valence-electron chi connectivity index (χ0n) is 11.8. The molecule has 0 radical (unpaired) electrons. The van der Waals surface area contributed by atoms with Crippen molar-refractivity contribution in [2.24, 2.45) is 5.73 Å². The number of methoxy groups -OCH3 is 1. The van der Waals surface area contributed by atoms with E-state index < -0.39 is 16.4 Å². The first kappa shape index (κ1) is 17.2. The standard InChI is InChI=1S/C13H17ClN2O5/c1-13(15,12(17)20-2)6-3-7-21-11-5-4-9(16(18)19)8-10(11)14/h4-5,8H,3,6-7,15H2,1-2H3. The van der Waals surface area contributed by atoms with E-state index in [1.807, 2.05) is 0 Å². The molecule has 0 amide bonds.